The van der Waals surface area contributed by atoms with Gasteiger partial charge in [0.1, 0.15) is 11.5 Å². The number of nitrogens with zero attached hydrogens (tertiary/aromatic N) is 2. The maximum absolute atomic E-state index is 11.2. The maximum Gasteiger partial charge on any atom is 0.542 e. The van der Waals surface area contributed by atoms with Crippen molar-refractivity contribution >= 4 is 12.3 Å². The van der Waals surface area contributed by atoms with Gasteiger partial charge in [-0.05, 0) is 24.3 Å². The number of para-hydroxylation sites is 2. The fraction of sp³-hybridized carbons (Fsp3) is 0. The van der Waals surface area contributed by atoms with E-state index >= 15 is 0 Å². The zero-order chi connectivity index (χ0) is 15.6. The van der Waals surface area contributed by atoms with Crippen LogP contribution in [0.15, 0.2) is 71.2 Å². The molecule has 0 atom stereocenters. The molecule has 22 heavy (non-hydrogen) atoms. The maximum atomic E-state index is 11.2. The summed E-state index contributed by atoms with van der Waals surface area (Å²) >= 11 is 0. The molecule has 0 radical (unpaired) electrons. The molecule has 0 N–H and O–H groups in total. The predicted molar refractivity (Wildman–Crippen MR) is 72.0 cm³/mol. The molecule has 8 heteroatoms. The van der Waals surface area contributed by atoms with Gasteiger partial charge in [0.15, 0.2) is 0 Å². The largest absolute Gasteiger partial charge is 0.542 e. The molecule has 0 aromatic heterocycles. The van der Waals surface area contributed by atoms with E-state index in [1.165, 1.54) is 0 Å². The summed E-state index contributed by atoms with van der Waals surface area (Å²) in [5.41, 5.74) is 0. The predicted octanol–water partition coefficient (Wildman–Crippen LogP) is 3.70. The smallest absolute Gasteiger partial charge is 0.393 e. The van der Waals surface area contributed by atoms with Crippen molar-refractivity contribution in [2.75, 3.05) is 0 Å². The lowest BCUT2D eigenvalue weighted by atomic mass is 10.3. The van der Waals surface area contributed by atoms with Gasteiger partial charge in [-0.25, -0.2) is 9.59 Å². The third-order valence-corrected chi connectivity index (χ3v) is 2.15. The van der Waals surface area contributed by atoms with E-state index in [0.29, 0.717) is 0 Å². The highest BCUT2D eigenvalue weighted by molar-refractivity contribution is 5.64. The Hall–Kier alpha value is -3.42. The van der Waals surface area contributed by atoms with Crippen molar-refractivity contribution in [2.24, 2.45) is 10.6 Å². The Balaban J connectivity index is 1.69. The summed E-state index contributed by atoms with van der Waals surface area (Å²) in [5, 5.41) is 5.75. The van der Waals surface area contributed by atoms with Gasteiger partial charge in [0.2, 0.25) is 0 Å². The van der Waals surface area contributed by atoms with Crippen LogP contribution in [0, 0.1) is 0 Å². The van der Waals surface area contributed by atoms with E-state index in [4.69, 9.17) is 9.47 Å². The molecular formula is C14H10N2O6. The van der Waals surface area contributed by atoms with Crippen molar-refractivity contribution < 1.29 is 28.7 Å². The summed E-state index contributed by atoms with van der Waals surface area (Å²) in [4.78, 5) is 30.8. The molecule has 0 aliphatic rings. The van der Waals surface area contributed by atoms with Gasteiger partial charge >= 0.3 is 12.3 Å². The van der Waals surface area contributed by atoms with Crippen molar-refractivity contribution in [3.8, 4) is 11.5 Å². The lowest BCUT2D eigenvalue weighted by Gasteiger charge is -2.00. The van der Waals surface area contributed by atoms with Crippen LogP contribution in [-0.4, -0.2) is 12.3 Å². The summed E-state index contributed by atoms with van der Waals surface area (Å²) in [7, 11) is 0. The van der Waals surface area contributed by atoms with Crippen LogP contribution in [-0.2, 0) is 9.68 Å². The van der Waals surface area contributed by atoms with E-state index < -0.39 is 12.3 Å². The van der Waals surface area contributed by atoms with E-state index in [1.807, 2.05) is 0 Å². The minimum absolute atomic E-state index is 0.270. The summed E-state index contributed by atoms with van der Waals surface area (Å²) in [6, 6.07) is 16.4. The number of hydrogen-bond donors (Lipinski definition) is 0. The van der Waals surface area contributed by atoms with E-state index in [-0.39, 0.29) is 11.5 Å². The SMILES string of the molecule is O=C(ON=NOC(=O)Oc1ccccc1)Oc1ccccc1. The van der Waals surface area contributed by atoms with Crippen LogP contribution >= 0.6 is 0 Å². The third kappa shape index (κ3) is 5.29. The first-order valence-electron chi connectivity index (χ1n) is 6.02. The molecule has 0 amide bonds. The average molecular weight is 302 g/mol. The molecule has 0 saturated heterocycles. The number of benzene rings is 2. The molecule has 0 bridgehead atoms. The van der Waals surface area contributed by atoms with Crippen molar-refractivity contribution in [3.63, 3.8) is 0 Å². The Morgan fingerprint density at radius 1 is 0.636 bits per heavy atom. The van der Waals surface area contributed by atoms with Gasteiger partial charge in [-0.2, -0.15) is 0 Å². The van der Waals surface area contributed by atoms with Crippen molar-refractivity contribution in [1.29, 1.82) is 0 Å². The summed E-state index contributed by atoms with van der Waals surface area (Å²) < 4.78 is 9.46. The quantitative estimate of drug-likeness (QED) is 0.370. The first-order chi connectivity index (χ1) is 10.7. The molecule has 0 heterocycles. The van der Waals surface area contributed by atoms with Crippen molar-refractivity contribution in [3.05, 3.63) is 60.7 Å². The highest BCUT2D eigenvalue weighted by atomic mass is 16.9. The van der Waals surface area contributed by atoms with Gasteiger partial charge in [-0.1, -0.05) is 36.4 Å². The van der Waals surface area contributed by atoms with Crippen LogP contribution in [0.1, 0.15) is 0 Å². The Labute approximate surface area is 124 Å². The lowest BCUT2D eigenvalue weighted by Crippen LogP contribution is -2.08. The standard InChI is InChI=1S/C14H10N2O6/c17-13(19-11-7-3-1-4-8-11)21-15-16-22-14(18)20-12-9-5-2-6-10-12/h1-10H. The molecule has 2 aromatic carbocycles. The van der Waals surface area contributed by atoms with E-state index in [2.05, 4.69) is 20.2 Å². The van der Waals surface area contributed by atoms with Crippen molar-refractivity contribution in [1.82, 2.24) is 0 Å². The number of carbonyl (C=O) groups is 2. The summed E-state index contributed by atoms with van der Waals surface area (Å²) in [5.74, 6) is 0.541. The molecule has 0 unspecified atom stereocenters. The van der Waals surface area contributed by atoms with Gasteiger partial charge in [0.25, 0.3) is 0 Å². The molecule has 2 aromatic rings. The van der Waals surface area contributed by atoms with Gasteiger partial charge in [0.05, 0.1) is 10.6 Å². The lowest BCUT2D eigenvalue weighted by molar-refractivity contribution is 0.0500. The second-order valence-electron chi connectivity index (χ2n) is 3.68. The third-order valence-electron chi connectivity index (χ3n) is 2.15. The van der Waals surface area contributed by atoms with Gasteiger partial charge < -0.3 is 9.47 Å². The molecule has 0 fully saturated rings. The zero-order valence-corrected chi connectivity index (χ0v) is 11.1. The van der Waals surface area contributed by atoms with Crippen LogP contribution in [0.4, 0.5) is 9.59 Å². The second-order valence-corrected chi connectivity index (χ2v) is 3.68. The number of hydrogen-bond acceptors (Lipinski definition) is 8. The van der Waals surface area contributed by atoms with Crippen LogP contribution < -0.4 is 9.47 Å². The van der Waals surface area contributed by atoms with E-state index in [1.54, 1.807) is 60.7 Å². The normalized spacial score (nSPS) is 10.0. The van der Waals surface area contributed by atoms with E-state index in [9.17, 15) is 9.59 Å². The van der Waals surface area contributed by atoms with E-state index in [0.717, 1.165) is 0 Å². The molecule has 2 rings (SSSR count). The topological polar surface area (TPSA) is 95.8 Å². The zero-order valence-electron chi connectivity index (χ0n) is 11.1. The molecule has 0 spiro atoms. The fourth-order valence-electron chi connectivity index (χ4n) is 1.31. The highest BCUT2D eigenvalue weighted by Crippen LogP contribution is 2.10. The monoisotopic (exact) mass is 302 g/mol. The first kappa shape index (κ1) is 15.0. The van der Waals surface area contributed by atoms with Gasteiger partial charge in [-0.3, -0.25) is 9.68 Å². The Kier molecular flexibility index (Phi) is 5.45. The Morgan fingerprint density at radius 3 is 1.36 bits per heavy atom. The Bertz CT molecular complexity index is 587. The molecular weight excluding hydrogens is 292 g/mol. The van der Waals surface area contributed by atoms with Crippen molar-refractivity contribution in [2.45, 2.75) is 0 Å². The van der Waals surface area contributed by atoms with Crippen LogP contribution in [0.5, 0.6) is 11.5 Å². The van der Waals surface area contributed by atoms with Crippen LogP contribution in [0.3, 0.4) is 0 Å². The molecule has 8 nitrogen and oxygen atoms in total. The second kappa shape index (κ2) is 8.00. The van der Waals surface area contributed by atoms with Gasteiger partial charge in [0, 0.05) is 0 Å². The fourth-order valence-corrected chi connectivity index (χ4v) is 1.31. The first-order valence-corrected chi connectivity index (χ1v) is 6.02. The molecule has 112 valence electrons. The highest BCUT2D eigenvalue weighted by Gasteiger charge is 2.07. The number of carbonyl (C=O) groups excluding carboxylic acids is 2. The minimum Gasteiger partial charge on any atom is -0.393 e. The minimum atomic E-state index is -1.13. The van der Waals surface area contributed by atoms with Crippen LogP contribution in [0.2, 0.25) is 0 Å². The summed E-state index contributed by atoms with van der Waals surface area (Å²) in [6.45, 7) is 0. The number of ether oxygens (including phenoxy) is 2. The molecule has 0 aliphatic heterocycles. The average Bonchev–Trinajstić information content (AvgIpc) is 2.53. The summed E-state index contributed by atoms with van der Waals surface area (Å²) in [6.07, 6.45) is -2.26. The molecule has 0 saturated carbocycles. The van der Waals surface area contributed by atoms with Crippen LogP contribution in [0.25, 0.3) is 0 Å². The Morgan fingerprint density at radius 2 is 1.00 bits per heavy atom. The number of rotatable bonds is 4. The van der Waals surface area contributed by atoms with Gasteiger partial charge in [-0.15, -0.1) is 0 Å². The molecule has 0 aliphatic carbocycles.